The number of nitrogens with one attached hydrogen (secondary N) is 2. The topological polar surface area (TPSA) is 105 Å². The lowest BCUT2D eigenvalue weighted by molar-refractivity contribution is -0.136. The molecule has 0 bridgehead atoms. The van der Waals surface area contributed by atoms with Crippen molar-refractivity contribution in [2.45, 2.75) is 13.3 Å². The Hall–Kier alpha value is -2.41. The van der Waals surface area contributed by atoms with Crippen LogP contribution < -0.4 is 16.4 Å². The molecule has 1 aliphatic heterocycles. The molecule has 0 radical (unpaired) electrons. The fourth-order valence-corrected chi connectivity index (χ4v) is 2.15. The Kier molecular flexibility index (Phi) is 4.54. The number of amides is 3. The van der Waals surface area contributed by atoms with Crippen LogP contribution in [0.2, 0.25) is 0 Å². The number of nitrogens with two attached hydrogens (primary N) is 1. The molecule has 1 heterocycles. The van der Waals surface area contributed by atoms with Crippen molar-refractivity contribution in [2.24, 2.45) is 0 Å². The third-order valence-electron chi connectivity index (χ3n) is 3.19. The lowest BCUT2D eigenvalue weighted by atomic mass is 10.1. The summed E-state index contributed by atoms with van der Waals surface area (Å²) in [4.78, 5) is 36.0. The van der Waals surface area contributed by atoms with Crippen LogP contribution in [-0.4, -0.2) is 42.3 Å². The number of hydrogen-bond acceptors (Lipinski definition) is 5. The van der Waals surface area contributed by atoms with E-state index in [-0.39, 0.29) is 37.2 Å². The van der Waals surface area contributed by atoms with Crippen LogP contribution in [0, 0.1) is 6.92 Å². The maximum Gasteiger partial charge on any atom is 0.240 e. The van der Waals surface area contributed by atoms with Gasteiger partial charge < -0.3 is 11.1 Å². The molecule has 0 saturated carbocycles. The number of imide groups is 1. The second-order valence-corrected chi connectivity index (χ2v) is 5.05. The summed E-state index contributed by atoms with van der Waals surface area (Å²) in [6.45, 7) is 2.50. The zero-order chi connectivity index (χ0) is 15.4. The summed E-state index contributed by atoms with van der Waals surface area (Å²) in [6, 6.07) is 5.25. The second kappa shape index (κ2) is 6.36. The van der Waals surface area contributed by atoms with Gasteiger partial charge in [-0.05, 0) is 30.7 Å². The number of nitrogens with zero attached hydrogens (tertiary/aromatic N) is 1. The fraction of sp³-hybridized carbons (Fsp3) is 0.357. The molecule has 112 valence electrons. The third-order valence-corrected chi connectivity index (χ3v) is 3.19. The summed E-state index contributed by atoms with van der Waals surface area (Å²) in [5.41, 5.74) is 7.89. The smallest absolute Gasteiger partial charge is 0.240 e. The predicted octanol–water partition coefficient (Wildman–Crippen LogP) is -0.136. The van der Waals surface area contributed by atoms with Gasteiger partial charge in [0.15, 0.2) is 0 Å². The van der Waals surface area contributed by atoms with Gasteiger partial charge in [-0.25, -0.2) is 0 Å². The summed E-state index contributed by atoms with van der Waals surface area (Å²) < 4.78 is 0. The highest BCUT2D eigenvalue weighted by Gasteiger charge is 2.22. The molecule has 4 N–H and O–H groups in total. The van der Waals surface area contributed by atoms with Gasteiger partial charge in [0.2, 0.25) is 17.7 Å². The number of benzene rings is 1. The number of carbonyl (C=O) groups is 3. The number of carbonyl (C=O) groups excluding carboxylic acids is 3. The van der Waals surface area contributed by atoms with Crippen LogP contribution in [0.15, 0.2) is 18.2 Å². The van der Waals surface area contributed by atoms with E-state index in [1.807, 2.05) is 6.92 Å². The van der Waals surface area contributed by atoms with Crippen LogP contribution in [-0.2, 0) is 14.4 Å². The molecule has 7 heteroatoms. The number of hydrogen-bond donors (Lipinski definition) is 3. The molecule has 2 rings (SSSR count). The second-order valence-electron chi connectivity index (χ2n) is 5.05. The van der Waals surface area contributed by atoms with E-state index in [1.165, 1.54) is 0 Å². The SMILES string of the molecule is Cc1cc(N)ccc1NC(=O)CCN1CC(=O)NC(=O)C1. The van der Waals surface area contributed by atoms with Crippen LogP contribution >= 0.6 is 0 Å². The first-order chi connectivity index (χ1) is 9.94. The van der Waals surface area contributed by atoms with Gasteiger partial charge in [-0.15, -0.1) is 0 Å². The van der Waals surface area contributed by atoms with Gasteiger partial charge in [0, 0.05) is 24.3 Å². The van der Waals surface area contributed by atoms with Crippen molar-refractivity contribution in [1.82, 2.24) is 10.2 Å². The van der Waals surface area contributed by atoms with Crippen LogP contribution in [0.5, 0.6) is 0 Å². The highest BCUT2D eigenvalue weighted by Crippen LogP contribution is 2.17. The Labute approximate surface area is 122 Å². The first-order valence-electron chi connectivity index (χ1n) is 6.65. The van der Waals surface area contributed by atoms with Crippen molar-refractivity contribution in [3.8, 4) is 0 Å². The predicted molar refractivity (Wildman–Crippen MR) is 78.4 cm³/mol. The van der Waals surface area contributed by atoms with Gasteiger partial charge in [0.25, 0.3) is 0 Å². The first-order valence-corrected chi connectivity index (χ1v) is 6.65. The molecular weight excluding hydrogens is 272 g/mol. The van der Waals surface area contributed by atoms with E-state index < -0.39 is 0 Å². The Balaban J connectivity index is 1.84. The minimum absolute atomic E-state index is 0.139. The van der Waals surface area contributed by atoms with E-state index in [2.05, 4.69) is 10.6 Å². The standard InChI is InChI=1S/C14H18N4O3/c1-9-6-10(15)2-3-11(9)16-12(19)4-5-18-7-13(20)17-14(21)8-18/h2-3,6H,4-5,7-8,15H2,1H3,(H,16,19)(H,17,20,21). The van der Waals surface area contributed by atoms with Crippen molar-refractivity contribution in [3.05, 3.63) is 23.8 Å². The van der Waals surface area contributed by atoms with Gasteiger partial charge in [-0.1, -0.05) is 0 Å². The molecule has 21 heavy (non-hydrogen) atoms. The summed E-state index contributed by atoms with van der Waals surface area (Å²) in [5, 5.41) is 5.01. The van der Waals surface area contributed by atoms with Crippen molar-refractivity contribution in [1.29, 1.82) is 0 Å². The number of aryl methyl sites for hydroxylation is 1. The van der Waals surface area contributed by atoms with Crippen LogP contribution in [0.4, 0.5) is 11.4 Å². The first kappa shape index (κ1) is 15.0. The summed E-state index contributed by atoms with van der Waals surface area (Å²) in [6.07, 6.45) is 0.213. The van der Waals surface area contributed by atoms with Crippen LogP contribution in [0.3, 0.4) is 0 Å². The number of anilines is 2. The summed E-state index contributed by atoms with van der Waals surface area (Å²) in [7, 11) is 0. The maximum absolute atomic E-state index is 11.9. The van der Waals surface area contributed by atoms with Crippen molar-refractivity contribution in [3.63, 3.8) is 0 Å². The maximum atomic E-state index is 11.9. The average Bonchev–Trinajstić information content (AvgIpc) is 2.39. The lowest BCUT2D eigenvalue weighted by Crippen LogP contribution is -2.51. The van der Waals surface area contributed by atoms with Gasteiger partial charge in [-0.3, -0.25) is 24.6 Å². The Morgan fingerprint density at radius 2 is 2.00 bits per heavy atom. The van der Waals surface area contributed by atoms with Crippen molar-refractivity contribution >= 4 is 29.1 Å². The molecule has 0 aromatic heterocycles. The molecule has 3 amide bonds. The molecule has 0 aliphatic carbocycles. The zero-order valence-electron chi connectivity index (χ0n) is 11.8. The molecule has 0 spiro atoms. The lowest BCUT2D eigenvalue weighted by Gasteiger charge is -2.24. The Bertz CT molecular complexity index is 570. The van der Waals surface area contributed by atoms with Crippen LogP contribution in [0.25, 0.3) is 0 Å². The van der Waals surface area contributed by atoms with E-state index in [1.54, 1.807) is 23.1 Å². The third kappa shape index (κ3) is 4.28. The molecule has 1 aromatic rings. The monoisotopic (exact) mass is 290 g/mol. The normalized spacial score (nSPS) is 15.7. The number of rotatable bonds is 4. The van der Waals surface area contributed by atoms with E-state index in [4.69, 9.17) is 5.73 Å². The van der Waals surface area contributed by atoms with E-state index >= 15 is 0 Å². The summed E-state index contributed by atoms with van der Waals surface area (Å²) >= 11 is 0. The fourth-order valence-electron chi connectivity index (χ4n) is 2.15. The van der Waals surface area contributed by atoms with Crippen molar-refractivity contribution in [2.75, 3.05) is 30.7 Å². The molecule has 1 saturated heterocycles. The highest BCUT2D eigenvalue weighted by atomic mass is 16.2. The molecule has 1 aliphatic rings. The molecule has 7 nitrogen and oxygen atoms in total. The highest BCUT2D eigenvalue weighted by molar-refractivity contribution is 5.99. The van der Waals surface area contributed by atoms with E-state index in [0.717, 1.165) is 5.56 Å². The molecule has 0 unspecified atom stereocenters. The Morgan fingerprint density at radius 3 is 2.62 bits per heavy atom. The quantitative estimate of drug-likeness (QED) is 0.529. The van der Waals surface area contributed by atoms with Gasteiger partial charge in [-0.2, -0.15) is 0 Å². The molecule has 1 fully saturated rings. The zero-order valence-corrected chi connectivity index (χ0v) is 11.8. The van der Waals surface area contributed by atoms with Gasteiger partial charge in [0.1, 0.15) is 0 Å². The average molecular weight is 290 g/mol. The molecule has 0 atom stereocenters. The largest absolute Gasteiger partial charge is 0.399 e. The summed E-state index contributed by atoms with van der Waals surface area (Å²) in [5.74, 6) is -0.830. The minimum Gasteiger partial charge on any atom is -0.399 e. The van der Waals surface area contributed by atoms with Crippen LogP contribution in [0.1, 0.15) is 12.0 Å². The molecule has 1 aromatic carbocycles. The number of piperazine rings is 1. The van der Waals surface area contributed by atoms with Gasteiger partial charge >= 0.3 is 0 Å². The van der Waals surface area contributed by atoms with E-state index in [9.17, 15) is 14.4 Å². The van der Waals surface area contributed by atoms with Crippen molar-refractivity contribution < 1.29 is 14.4 Å². The Morgan fingerprint density at radius 1 is 1.33 bits per heavy atom. The van der Waals surface area contributed by atoms with E-state index in [0.29, 0.717) is 17.9 Å². The minimum atomic E-state index is -0.332. The number of nitrogen functional groups attached to an aromatic ring is 1. The molecular formula is C14H18N4O3. The van der Waals surface area contributed by atoms with Gasteiger partial charge in [0.05, 0.1) is 13.1 Å².